The molecule has 3 heterocycles. The van der Waals surface area contributed by atoms with Gasteiger partial charge in [0.05, 0.1) is 23.6 Å². The molecule has 1 aliphatic rings. The van der Waals surface area contributed by atoms with Crippen LogP contribution in [-0.4, -0.2) is 75.9 Å². The third-order valence-electron chi connectivity index (χ3n) is 6.23. The lowest BCUT2D eigenvalue weighted by atomic mass is 10.1. The quantitative estimate of drug-likeness (QED) is 0.429. The Labute approximate surface area is 205 Å². The number of aromatic hydroxyl groups is 2. The van der Waals surface area contributed by atoms with Crippen LogP contribution in [0, 0.1) is 5.82 Å². The van der Waals surface area contributed by atoms with Crippen LogP contribution in [0.1, 0.15) is 5.56 Å². The first kappa shape index (κ1) is 23.8. The molecule has 188 valence electrons. The predicted molar refractivity (Wildman–Crippen MR) is 130 cm³/mol. The molecular formula is C24H23FN4O6S. The van der Waals surface area contributed by atoms with Crippen LogP contribution in [0.15, 0.2) is 48.8 Å². The first-order chi connectivity index (χ1) is 17.1. The Balaban J connectivity index is 1.54. The summed E-state index contributed by atoms with van der Waals surface area (Å²) < 4.78 is 45.4. The Morgan fingerprint density at radius 2 is 1.78 bits per heavy atom. The summed E-state index contributed by atoms with van der Waals surface area (Å²) in [5.41, 5.74) is 0.848. The number of phenols is 1. The lowest BCUT2D eigenvalue weighted by molar-refractivity contribution is 0.134. The molecule has 0 unspecified atom stereocenters. The maximum atomic E-state index is 13.3. The summed E-state index contributed by atoms with van der Waals surface area (Å²) in [4.78, 5) is 18.7. The summed E-state index contributed by atoms with van der Waals surface area (Å²) in [7, 11) is -3.36. The topological polar surface area (TPSA) is 125 Å². The summed E-state index contributed by atoms with van der Waals surface area (Å²) in [6, 6.07) is 9.04. The lowest BCUT2D eigenvalue weighted by Gasteiger charge is -2.32. The molecule has 5 rings (SSSR count). The van der Waals surface area contributed by atoms with E-state index >= 15 is 0 Å². The Kier molecular flexibility index (Phi) is 5.92. The summed E-state index contributed by atoms with van der Waals surface area (Å²) >= 11 is 0. The zero-order chi connectivity index (χ0) is 25.6. The van der Waals surface area contributed by atoms with Crippen LogP contribution in [0.25, 0.3) is 21.7 Å². The minimum atomic E-state index is -3.36. The smallest absolute Gasteiger partial charge is 0.415 e. The fraction of sp³-hybridized carbons (Fsp3) is 0.250. The Morgan fingerprint density at radius 3 is 2.44 bits per heavy atom. The second-order valence-electron chi connectivity index (χ2n) is 8.59. The summed E-state index contributed by atoms with van der Waals surface area (Å²) in [6.07, 6.45) is 3.45. The van der Waals surface area contributed by atoms with Crippen molar-refractivity contribution in [1.82, 2.24) is 18.8 Å². The molecule has 4 aromatic rings. The number of halogens is 1. The van der Waals surface area contributed by atoms with Gasteiger partial charge < -0.3 is 24.4 Å². The third-order valence-corrected chi connectivity index (χ3v) is 7.53. The zero-order valence-corrected chi connectivity index (χ0v) is 20.1. The fourth-order valence-electron chi connectivity index (χ4n) is 4.36. The van der Waals surface area contributed by atoms with Crippen molar-refractivity contribution in [3.63, 3.8) is 0 Å². The summed E-state index contributed by atoms with van der Waals surface area (Å²) in [5.74, 6) is -0.812. The number of pyridine rings is 1. The number of amides is 1. The molecule has 0 atom stereocenters. The highest BCUT2D eigenvalue weighted by Gasteiger charge is 2.29. The van der Waals surface area contributed by atoms with Gasteiger partial charge in [0.15, 0.2) is 11.5 Å². The maximum Gasteiger partial charge on any atom is 0.415 e. The molecule has 1 fully saturated rings. The number of fused-ring (bicyclic) bond motifs is 2. The van der Waals surface area contributed by atoms with Gasteiger partial charge in [-0.3, -0.25) is 4.98 Å². The largest absolute Gasteiger partial charge is 0.505 e. The van der Waals surface area contributed by atoms with E-state index in [0.29, 0.717) is 10.9 Å². The van der Waals surface area contributed by atoms with Crippen molar-refractivity contribution >= 4 is 37.8 Å². The molecule has 0 spiro atoms. The van der Waals surface area contributed by atoms with Crippen LogP contribution >= 0.6 is 0 Å². The monoisotopic (exact) mass is 514 g/mol. The molecule has 2 aromatic heterocycles. The molecule has 0 saturated carbocycles. The second-order valence-corrected chi connectivity index (χ2v) is 10.6. The molecule has 12 heteroatoms. The molecule has 1 saturated heterocycles. The molecule has 10 nitrogen and oxygen atoms in total. The van der Waals surface area contributed by atoms with Gasteiger partial charge in [-0.1, -0.05) is 12.1 Å². The van der Waals surface area contributed by atoms with Crippen molar-refractivity contribution in [2.24, 2.45) is 0 Å². The van der Waals surface area contributed by atoms with E-state index in [1.54, 1.807) is 30.5 Å². The van der Waals surface area contributed by atoms with E-state index in [0.717, 1.165) is 6.26 Å². The molecule has 1 aliphatic heterocycles. The standard InChI is InChI=1S/C24H23FN4O6S/c1-36(33,34)29-11-9-27(10-12-29)24(32)35-22-17-3-2-8-26-20(17)21(30)19-18(22)14-28(23(19)31)13-15-4-6-16(25)7-5-15/h2-8,14,30-31H,9-13H2,1H3. The summed E-state index contributed by atoms with van der Waals surface area (Å²) in [6.45, 7) is 0.775. The number of benzene rings is 2. The molecule has 2 aromatic carbocycles. The Hall–Kier alpha value is -3.90. The highest BCUT2D eigenvalue weighted by Crippen LogP contribution is 2.46. The van der Waals surface area contributed by atoms with Crippen molar-refractivity contribution in [3.05, 3.63) is 60.2 Å². The molecular weight excluding hydrogens is 491 g/mol. The second kappa shape index (κ2) is 8.95. The van der Waals surface area contributed by atoms with Crippen LogP contribution in [0.3, 0.4) is 0 Å². The number of rotatable bonds is 4. The van der Waals surface area contributed by atoms with E-state index in [1.807, 2.05) is 0 Å². The van der Waals surface area contributed by atoms with E-state index in [1.165, 1.54) is 32.1 Å². The number of aromatic nitrogens is 2. The molecule has 2 N–H and O–H groups in total. The summed E-state index contributed by atoms with van der Waals surface area (Å²) in [5, 5.41) is 22.6. The van der Waals surface area contributed by atoms with Gasteiger partial charge in [-0.2, -0.15) is 4.31 Å². The highest BCUT2D eigenvalue weighted by atomic mass is 32.2. The normalized spacial score (nSPS) is 15.0. The number of carbonyl (C=O) groups excluding carboxylic acids is 1. The van der Waals surface area contributed by atoms with Crippen molar-refractivity contribution in [1.29, 1.82) is 0 Å². The van der Waals surface area contributed by atoms with Gasteiger partial charge in [-0.05, 0) is 29.8 Å². The van der Waals surface area contributed by atoms with E-state index in [2.05, 4.69) is 4.98 Å². The minimum absolute atomic E-state index is 0.0630. The van der Waals surface area contributed by atoms with Gasteiger partial charge in [0.1, 0.15) is 11.3 Å². The average molecular weight is 515 g/mol. The van der Waals surface area contributed by atoms with Crippen molar-refractivity contribution in [2.75, 3.05) is 32.4 Å². The highest BCUT2D eigenvalue weighted by molar-refractivity contribution is 7.88. The van der Waals surface area contributed by atoms with Crippen molar-refractivity contribution in [3.8, 4) is 17.4 Å². The van der Waals surface area contributed by atoms with Crippen LogP contribution in [-0.2, 0) is 16.6 Å². The Morgan fingerprint density at radius 1 is 1.08 bits per heavy atom. The number of ether oxygens (including phenoxy) is 1. The van der Waals surface area contributed by atoms with Crippen molar-refractivity contribution in [2.45, 2.75) is 6.54 Å². The minimum Gasteiger partial charge on any atom is -0.505 e. The number of hydrogen-bond acceptors (Lipinski definition) is 7. The van der Waals surface area contributed by atoms with E-state index in [4.69, 9.17) is 4.74 Å². The molecule has 0 radical (unpaired) electrons. The maximum absolute atomic E-state index is 13.3. The van der Waals surface area contributed by atoms with Crippen LogP contribution in [0.5, 0.6) is 17.4 Å². The van der Waals surface area contributed by atoms with Crippen LogP contribution in [0.4, 0.5) is 9.18 Å². The predicted octanol–water partition coefficient (Wildman–Crippen LogP) is 2.86. The molecule has 0 aliphatic carbocycles. The van der Waals surface area contributed by atoms with Crippen molar-refractivity contribution < 1.29 is 32.6 Å². The Bertz CT molecular complexity index is 1580. The first-order valence-electron chi connectivity index (χ1n) is 11.1. The van der Waals surface area contributed by atoms with Gasteiger partial charge in [0.25, 0.3) is 0 Å². The van der Waals surface area contributed by atoms with Gasteiger partial charge >= 0.3 is 6.09 Å². The number of sulfonamides is 1. The molecule has 1 amide bonds. The number of phenolic OH excluding ortho intramolecular Hbond substituents is 1. The molecule has 36 heavy (non-hydrogen) atoms. The van der Waals surface area contributed by atoms with Crippen LogP contribution < -0.4 is 4.74 Å². The lowest BCUT2D eigenvalue weighted by Crippen LogP contribution is -2.51. The average Bonchev–Trinajstić information content (AvgIpc) is 3.18. The van der Waals surface area contributed by atoms with Crippen LogP contribution in [0.2, 0.25) is 0 Å². The van der Waals surface area contributed by atoms with E-state index in [9.17, 15) is 27.8 Å². The first-order valence-corrected chi connectivity index (χ1v) is 13.0. The zero-order valence-electron chi connectivity index (χ0n) is 19.3. The van der Waals surface area contributed by atoms with E-state index in [-0.39, 0.29) is 72.2 Å². The number of piperazine rings is 1. The SMILES string of the molecule is CS(=O)(=O)N1CCN(C(=O)Oc2c3cccnc3c(O)c3c(O)n(Cc4ccc(F)cc4)cc23)CC1. The third kappa shape index (κ3) is 4.29. The number of nitrogens with zero attached hydrogens (tertiary/aromatic N) is 4. The van der Waals surface area contributed by atoms with Gasteiger partial charge in [0, 0.05) is 44.0 Å². The van der Waals surface area contributed by atoms with Gasteiger partial charge in [-0.15, -0.1) is 0 Å². The number of carbonyl (C=O) groups is 1. The number of hydrogen-bond donors (Lipinski definition) is 2. The molecule has 0 bridgehead atoms. The fourth-order valence-corrected chi connectivity index (χ4v) is 5.19. The van der Waals surface area contributed by atoms with E-state index < -0.39 is 16.1 Å². The van der Waals surface area contributed by atoms with Gasteiger partial charge in [0.2, 0.25) is 15.9 Å². The van der Waals surface area contributed by atoms with Gasteiger partial charge in [-0.25, -0.2) is 17.6 Å².